The first-order valence-corrected chi connectivity index (χ1v) is 2.19. The van der Waals surface area contributed by atoms with Gasteiger partial charge in [0.05, 0.1) is 7.11 Å². The Balaban J connectivity index is 3.29. The van der Waals surface area contributed by atoms with Gasteiger partial charge in [0.15, 0.2) is 0 Å². The summed E-state index contributed by atoms with van der Waals surface area (Å²) in [4.78, 5) is 0. The maximum atomic E-state index is 4.79. The topological polar surface area (TPSA) is 21.3 Å². The summed E-state index contributed by atoms with van der Waals surface area (Å²) >= 11 is 0. The molecule has 0 aromatic rings. The molecule has 0 spiro atoms. The standard InChI is InChI=1S/C5H11NO/c1-5(7-3)4-6-2/h4,6H,1-3H3/b5-4+. The highest BCUT2D eigenvalue weighted by molar-refractivity contribution is 4.83. The molecule has 0 atom stereocenters. The lowest BCUT2D eigenvalue weighted by molar-refractivity contribution is 0.291. The van der Waals surface area contributed by atoms with Crippen LogP contribution in [0, 0.1) is 0 Å². The van der Waals surface area contributed by atoms with Crippen molar-refractivity contribution >= 4 is 0 Å². The maximum Gasteiger partial charge on any atom is 0.108 e. The average molecular weight is 101 g/mol. The molecule has 0 unspecified atom stereocenters. The van der Waals surface area contributed by atoms with Gasteiger partial charge in [-0.1, -0.05) is 0 Å². The van der Waals surface area contributed by atoms with Crippen molar-refractivity contribution in [3.8, 4) is 0 Å². The van der Waals surface area contributed by atoms with E-state index in [0.29, 0.717) is 0 Å². The van der Waals surface area contributed by atoms with E-state index in [1.807, 2.05) is 14.0 Å². The molecule has 0 aliphatic heterocycles. The zero-order valence-electron chi connectivity index (χ0n) is 4.99. The summed E-state index contributed by atoms with van der Waals surface area (Å²) < 4.78 is 4.79. The Morgan fingerprint density at radius 3 is 2.43 bits per heavy atom. The lowest BCUT2D eigenvalue weighted by atomic mass is 10.6. The highest BCUT2D eigenvalue weighted by atomic mass is 16.5. The van der Waals surface area contributed by atoms with Crippen molar-refractivity contribution in [3.63, 3.8) is 0 Å². The third-order valence-electron chi connectivity index (χ3n) is 0.670. The third-order valence-corrected chi connectivity index (χ3v) is 0.670. The van der Waals surface area contributed by atoms with Crippen molar-refractivity contribution in [1.82, 2.24) is 5.32 Å². The Hall–Kier alpha value is -0.660. The van der Waals surface area contributed by atoms with E-state index in [2.05, 4.69) is 5.32 Å². The fourth-order valence-electron chi connectivity index (χ4n) is 0.262. The molecule has 0 aliphatic rings. The van der Waals surface area contributed by atoms with E-state index in [1.165, 1.54) is 0 Å². The molecule has 2 nitrogen and oxygen atoms in total. The van der Waals surface area contributed by atoms with Crippen LogP contribution in [0.2, 0.25) is 0 Å². The monoisotopic (exact) mass is 101 g/mol. The van der Waals surface area contributed by atoms with Crippen LogP contribution in [0.3, 0.4) is 0 Å². The number of hydrogen-bond acceptors (Lipinski definition) is 2. The second kappa shape index (κ2) is 3.53. The number of ether oxygens (including phenoxy) is 1. The molecule has 0 rings (SSSR count). The van der Waals surface area contributed by atoms with Crippen molar-refractivity contribution in [1.29, 1.82) is 0 Å². The van der Waals surface area contributed by atoms with E-state index in [0.717, 1.165) is 5.76 Å². The van der Waals surface area contributed by atoms with E-state index in [-0.39, 0.29) is 0 Å². The Labute approximate surface area is 44.2 Å². The van der Waals surface area contributed by atoms with Crippen LogP contribution < -0.4 is 5.32 Å². The van der Waals surface area contributed by atoms with E-state index >= 15 is 0 Å². The van der Waals surface area contributed by atoms with Crippen molar-refractivity contribution in [2.45, 2.75) is 6.92 Å². The summed E-state index contributed by atoms with van der Waals surface area (Å²) in [6.07, 6.45) is 1.79. The van der Waals surface area contributed by atoms with Gasteiger partial charge in [-0.15, -0.1) is 0 Å². The number of rotatable bonds is 2. The fourth-order valence-corrected chi connectivity index (χ4v) is 0.262. The Morgan fingerprint density at radius 1 is 1.71 bits per heavy atom. The smallest absolute Gasteiger partial charge is 0.108 e. The molecular formula is C5H11NO. The molecule has 42 valence electrons. The third kappa shape index (κ3) is 3.16. The number of hydrogen-bond donors (Lipinski definition) is 1. The zero-order chi connectivity index (χ0) is 5.70. The van der Waals surface area contributed by atoms with Crippen LogP contribution in [0.4, 0.5) is 0 Å². The highest BCUT2D eigenvalue weighted by Crippen LogP contribution is 1.85. The van der Waals surface area contributed by atoms with Crippen molar-refractivity contribution in [2.24, 2.45) is 0 Å². The van der Waals surface area contributed by atoms with Gasteiger partial charge in [-0.25, -0.2) is 0 Å². The summed E-state index contributed by atoms with van der Waals surface area (Å²) in [5.74, 6) is 0.891. The molecule has 0 bridgehead atoms. The van der Waals surface area contributed by atoms with Crippen LogP contribution in [-0.4, -0.2) is 14.2 Å². The van der Waals surface area contributed by atoms with E-state index in [4.69, 9.17) is 4.74 Å². The van der Waals surface area contributed by atoms with Crippen LogP contribution in [-0.2, 0) is 4.74 Å². The van der Waals surface area contributed by atoms with Gasteiger partial charge in [0.25, 0.3) is 0 Å². The Morgan fingerprint density at radius 2 is 2.29 bits per heavy atom. The van der Waals surface area contributed by atoms with Gasteiger partial charge in [-0.05, 0) is 6.92 Å². The summed E-state index contributed by atoms with van der Waals surface area (Å²) in [7, 11) is 3.48. The zero-order valence-corrected chi connectivity index (χ0v) is 4.99. The van der Waals surface area contributed by atoms with Gasteiger partial charge in [0.2, 0.25) is 0 Å². The van der Waals surface area contributed by atoms with Crippen molar-refractivity contribution in [2.75, 3.05) is 14.2 Å². The van der Waals surface area contributed by atoms with E-state index < -0.39 is 0 Å². The molecular weight excluding hydrogens is 90.1 g/mol. The van der Waals surface area contributed by atoms with Gasteiger partial charge in [0.1, 0.15) is 5.76 Å². The molecule has 0 aromatic heterocycles. The molecule has 1 N–H and O–H groups in total. The van der Waals surface area contributed by atoms with Crippen LogP contribution in [0.15, 0.2) is 12.0 Å². The van der Waals surface area contributed by atoms with Gasteiger partial charge < -0.3 is 10.1 Å². The Kier molecular flexibility index (Phi) is 3.19. The van der Waals surface area contributed by atoms with Gasteiger partial charge >= 0.3 is 0 Å². The molecule has 0 saturated heterocycles. The predicted molar refractivity (Wildman–Crippen MR) is 29.8 cm³/mol. The maximum absolute atomic E-state index is 4.79. The second-order valence-electron chi connectivity index (χ2n) is 1.25. The fraction of sp³-hybridized carbons (Fsp3) is 0.600. The van der Waals surface area contributed by atoms with Crippen LogP contribution in [0.1, 0.15) is 6.92 Å². The van der Waals surface area contributed by atoms with Crippen LogP contribution in [0.5, 0.6) is 0 Å². The summed E-state index contributed by atoms with van der Waals surface area (Å²) in [5, 5.41) is 2.83. The average Bonchev–Trinajstić information content (AvgIpc) is 1.68. The molecule has 2 heteroatoms. The quantitative estimate of drug-likeness (QED) is 0.517. The molecule has 0 aliphatic carbocycles. The predicted octanol–water partition coefficient (Wildman–Crippen LogP) is 0.714. The van der Waals surface area contributed by atoms with Crippen molar-refractivity contribution < 1.29 is 4.74 Å². The first kappa shape index (κ1) is 6.34. The normalized spacial score (nSPS) is 11.0. The van der Waals surface area contributed by atoms with Gasteiger partial charge in [-0.2, -0.15) is 0 Å². The second-order valence-corrected chi connectivity index (χ2v) is 1.25. The summed E-state index contributed by atoms with van der Waals surface area (Å²) in [6.45, 7) is 1.89. The minimum atomic E-state index is 0.891. The van der Waals surface area contributed by atoms with E-state index in [1.54, 1.807) is 13.3 Å². The van der Waals surface area contributed by atoms with E-state index in [9.17, 15) is 0 Å². The van der Waals surface area contributed by atoms with Crippen molar-refractivity contribution in [3.05, 3.63) is 12.0 Å². The van der Waals surface area contributed by atoms with Crippen LogP contribution >= 0.6 is 0 Å². The van der Waals surface area contributed by atoms with Gasteiger partial charge in [0, 0.05) is 13.2 Å². The number of nitrogens with one attached hydrogen (secondary N) is 1. The summed E-state index contributed by atoms with van der Waals surface area (Å²) in [6, 6.07) is 0. The molecule has 0 heterocycles. The molecule has 0 saturated carbocycles. The SMILES string of the molecule is CN/C=C(\C)OC. The number of methoxy groups -OCH3 is 1. The van der Waals surface area contributed by atoms with Crippen LogP contribution in [0.25, 0.3) is 0 Å². The minimum absolute atomic E-state index is 0.891. The first-order chi connectivity index (χ1) is 3.31. The molecule has 7 heavy (non-hydrogen) atoms. The lowest BCUT2D eigenvalue weighted by Crippen LogP contribution is -1.94. The summed E-state index contributed by atoms with van der Waals surface area (Å²) in [5.41, 5.74) is 0. The minimum Gasteiger partial charge on any atom is -0.500 e. The largest absolute Gasteiger partial charge is 0.500 e. The highest BCUT2D eigenvalue weighted by Gasteiger charge is 1.75. The molecule has 0 radical (unpaired) electrons. The molecule has 0 aromatic carbocycles. The molecule has 0 amide bonds. The van der Waals surface area contributed by atoms with Gasteiger partial charge in [-0.3, -0.25) is 0 Å². The Bertz CT molecular complexity index is 68.5. The number of allylic oxidation sites excluding steroid dienone is 1. The molecule has 0 fully saturated rings. The first-order valence-electron chi connectivity index (χ1n) is 2.19. The lowest BCUT2D eigenvalue weighted by Gasteiger charge is -1.95.